The molecule has 0 spiro atoms. The molecule has 0 saturated heterocycles. The van der Waals surface area contributed by atoms with Crippen LogP contribution in [-0.2, 0) is 12.3 Å². The van der Waals surface area contributed by atoms with E-state index in [2.05, 4.69) is 15.1 Å². The molecule has 0 unspecified atom stereocenters. The van der Waals surface area contributed by atoms with Crippen molar-refractivity contribution in [1.29, 1.82) is 0 Å². The van der Waals surface area contributed by atoms with Crippen LogP contribution in [0.4, 0.5) is 0 Å². The van der Waals surface area contributed by atoms with Crippen LogP contribution >= 0.6 is 11.8 Å². The maximum atomic E-state index is 5.45. The average Bonchev–Trinajstić information content (AvgIpc) is 2.87. The topological polar surface area (TPSA) is 82.8 Å². The first-order valence-corrected chi connectivity index (χ1v) is 6.26. The highest BCUT2D eigenvalue weighted by molar-refractivity contribution is 7.97. The first-order chi connectivity index (χ1) is 7.83. The molecule has 2 heterocycles. The molecule has 0 aliphatic heterocycles. The largest absolute Gasteiger partial charge is 0.335 e. The second kappa shape index (κ2) is 5.13. The van der Waals surface area contributed by atoms with E-state index in [0.717, 1.165) is 12.3 Å². The Morgan fingerprint density at radius 1 is 1.56 bits per heavy atom. The first kappa shape index (κ1) is 11.2. The molecule has 16 heavy (non-hydrogen) atoms. The van der Waals surface area contributed by atoms with E-state index in [-0.39, 0.29) is 0 Å². The summed E-state index contributed by atoms with van der Waals surface area (Å²) in [5, 5.41) is 3.86. The Balaban J connectivity index is 2.14. The van der Waals surface area contributed by atoms with Crippen LogP contribution in [0.15, 0.2) is 17.0 Å². The van der Waals surface area contributed by atoms with Crippen LogP contribution in [0.25, 0.3) is 11.6 Å². The van der Waals surface area contributed by atoms with Crippen molar-refractivity contribution in [2.24, 2.45) is 5.73 Å². The average molecular weight is 239 g/mol. The molecule has 0 aromatic carbocycles. The zero-order valence-corrected chi connectivity index (χ0v) is 9.78. The molecule has 6 nitrogen and oxygen atoms in total. The van der Waals surface area contributed by atoms with Crippen LogP contribution in [0.1, 0.15) is 5.82 Å². The Kier molecular flexibility index (Phi) is 3.58. The fourth-order valence-electron chi connectivity index (χ4n) is 1.29. The lowest BCUT2D eigenvalue weighted by molar-refractivity contribution is 0.424. The van der Waals surface area contributed by atoms with Crippen LogP contribution < -0.4 is 5.73 Å². The highest BCUT2D eigenvalue weighted by atomic mass is 32.2. The smallest absolute Gasteiger partial charge is 0.278 e. The monoisotopic (exact) mass is 239 g/mol. The van der Waals surface area contributed by atoms with Gasteiger partial charge in [0, 0.05) is 19.3 Å². The second-order valence-electron chi connectivity index (χ2n) is 3.23. The van der Waals surface area contributed by atoms with Gasteiger partial charge in [0.15, 0.2) is 5.82 Å². The molecule has 0 fully saturated rings. The Morgan fingerprint density at radius 2 is 2.44 bits per heavy atom. The fraction of sp³-hybridized carbons (Fsp3) is 0.444. The number of thioether (sulfide) groups is 1. The summed E-state index contributed by atoms with van der Waals surface area (Å²) in [5.74, 6) is 1.89. The summed E-state index contributed by atoms with van der Waals surface area (Å²) in [6, 6.07) is 0. The number of nitrogens with zero attached hydrogens (tertiary/aromatic N) is 4. The normalized spacial score (nSPS) is 10.9. The van der Waals surface area contributed by atoms with E-state index in [9.17, 15) is 0 Å². The van der Waals surface area contributed by atoms with Gasteiger partial charge in [0.1, 0.15) is 5.69 Å². The quantitative estimate of drug-likeness (QED) is 0.829. The Hall–Kier alpha value is -1.34. The number of aromatic nitrogens is 4. The molecule has 0 amide bonds. The highest BCUT2D eigenvalue weighted by Crippen LogP contribution is 2.15. The van der Waals surface area contributed by atoms with Gasteiger partial charge in [-0.3, -0.25) is 0 Å². The predicted molar refractivity (Wildman–Crippen MR) is 61.8 cm³/mol. The van der Waals surface area contributed by atoms with Crippen molar-refractivity contribution in [1.82, 2.24) is 19.7 Å². The predicted octanol–water partition coefficient (Wildman–Crippen LogP) is 0.755. The number of rotatable bonds is 5. The lowest BCUT2D eigenvalue weighted by atomic mass is 10.5. The molecule has 0 aliphatic rings. The van der Waals surface area contributed by atoms with Crippen molar-refractivity contribution < 1.29 is 4.52 Å². The third-order valence-corrected chi connectivity index (χ3v) is 2.53. The highest BCUT2D eigenvalue weighted by Gasteiger charge is 2.10. The van der Waals surface area contributed by atoms with E-state index < -0.39 is 0 Å². The van der Waals surface area contributed by atoms with E-state index in [4.69, 9.17) is 10.3 Å². The lowest BCUT2D eigenvalue weighted by Gasteiger charge is -1.94. The van der Waals surface area contributed by atoms with Gasteiger partial charge >= 0.3 is 0 Å². The molecule has 0 atom stereocenters. The molecule has 2 aromatic heterocycles. The van der Waals surface area contributed by atoms with Crippen LogP contribution in [0, 0.1) is 0 Å². The Bertz CT molecular complexity index is 410. The van der Waals surface area contributed by atoms with Crippen molar-refractivity contribution in [3.63, 3.8) is 0 Å². The minimum Gasteiger partial charge on any atom is -0.335 e. The van der Waals surface area contributed by atoms with Crippen molar-refractivity contribution in [3.05, 3.63) is 18.3 Å². The SMILES string of the molecule is CSCc1noc(-c2cn(CCN)cn2)n1. The molecule has 2 aromatic rings. The zero-order chi connectivity index (χ0) is 11.4. The summed E-state index contributed by atoms with van der Waals surface area (Å²) in [6.07, 6.45) is 5.55. The number of hydrogen-bond donors (Lipinski definition) is 1. The molecule has 2 rings (SSSR count). The maximum absolute atomic E-state index is 5.45. The third-order valence-electron chi connectivity index (χ3n) is 1.98. The van der Waals surface area contributed by atoms with Gasteiger partial charge < -0.3 is 14.8 Å². The van der Waals surface area contributed by atoms with E-state index in [0.29, 0.717) is 24.0 Å². The van der Waals surface area contributed by atoms with Gasteiger partial charge in [0.2, 0.25) is 0 Å². The van der Waals surface area contributed by atoms with Gasteiger partial charge in [-0.15, -0.1) is 0 Å². The summed E-state index contributed by atoms with van der Waals surface area (Å²) >= 11 is 1.65. The molecular weight excluding hydrogens is 226 g/mol. The zero-order valence-electron chi connectivity index (χ0n) is 8.96. The second-order valence-corrected chi connectivity index (χ2v) is 4.10. The van der Waals surface area contributed by atoms with Crippen LogP contribution in [0.5, 0.6) is 0 Å². The van der Waals surface area contributed by atoms with E-state index in [1.54, 1.807) is 18.1 Å². The molecule has 0 aliphatic carbocycles. The van der Waals surface area contributed by atoms with Gasteiger partial charge in [0.25, 0.3) is 5.89 Å². The van der Waals surface area contributed by atoms with Gasteiger partial charge in [-0.1, -0.05) is 5.16 Å². The van der Waals surface area contributed by atoms with Gasteiger partial charge in [-0.05, 0) is 6.26 Å². The molecular formula is C9H13N5OS. The van der Waals surface area contributed by atoms with Crippen molar-refractivity contribution in [3.8, 4) is 11.6 Å². The standard InChI is InChI=1S/C9H13N5OS/c1-16-5-8-12-9(15-13-8)7-4-14(3-2-10)6-11-7/h4,6H,2-3,5,10H2,1H3. The third kappa shape index (κ3) is 2.42. The number of nitrogens with two attached hydrogens (primary N) is 1. The van der Waals surface area contributed by atoms with E-state index in [1.807, 2.05) is 17.0 Å². The van der Waals surface area contributed by atoms with Crippen molar-refractivity contribution >= 4 is 11.8 Å². The van der Waals surface area contributed by atoms with Crippen LogP contribution in [-0.4, -0.2) is 32.5 Å². The minimum atomic E-state index is 0.458. The van der Waals surface area contributed by atoms with E-state index in [1.165, 1.54) is 0 Å². The summed E-state index contributed by atoms with van der Waals surface area (Å²) in [6.45, 7) is 1.32. The molecule has 0 bridgehead atoms. The maximum Gasteiger partial charge on any atom is 0.278 e. The molecule has 7 heteroatoms. The van der Waals surface area contributed by atoms with Gasteiger partial charge in [0.05, 0.1) is 12.1 Å². The summed E-state index contributed by atoms with van der Waals surface area (Å²) in [7, 11) is 0. The van der Waals surface area contributed by atoms with Gasteiger partial charge in [-0.2, -0.15) is 16.7 Å². The summed E-state index contributed by atoms with van der Waals surface area (Å²) in [4.78, 5) is 8.42. The fourth-order valence-corrected chi connectivity index (χ4v) is 1.66. The van der Waals surface area contributed by atoms with Gasteiger partial charge in [-0.25, -0.2) is 4.98 Å². The molecule has 0 radical (unpaired) electrons. The Labute approximate surface area is 97.2 Å². The van der Waals surface area contributed by atoms with Crippen molar-refractivity contribution in [2.75, 3.05) is 12.8 Å². The summed E-state index contributed by atoms with van der Waals surface area (Å²) < 4.78 is 7.01. The van der Waals surface area contributed by atoms with Crippen LogP contribution in [0.3, 0.4) is 0 Å². The van der Waals surface area contributed by atoms with Crippen molar-refractivity contribution in [2.45, 2.75) is 12.3 Å². The lowest BCUT2D eigenvalue weighted by Crippen LogP contribution is -2.07. The number of hydrogen-bond acceptors (Lipinski definition) is 6. The first-order valence-electron chi connectivity index (χ1n) is 4.87. The molecule has 86 valence electrons. The molecule has 0 saturated carbocycles. The minimum absolute atomic E-state index is 0.458. The van der Waals surface area contributed by atoms with E-state index >= 15 is 0 Å². The Morgan fingerprint density at radius 3 is 3.19 bits per heavy atom. The number of imidazole rings is 1. The summed E-state index contributed by atoms with van der Waals surface area (Å²) in [5.41, 5.74) is 6.14. The van der Waals surface area contributed by atoms with Crippen LogP contribution in [0.2, 0.25) is 0 Å². The molecule has 2 N–H and O–H groups in total.